The highest BCUT2D eigenvalue weighted by Crippen LogP contribution is 2.40. The number of para-hydroxylation sites is 1. The van der Waals surface area contributed by atoms with E-state index in [1.165, 1.54) is 11.1 Å². The number of benzene rings is 6. The largest absolute Gasteiger partial charge is 0.455 e. The van der Waals surface area contributed by atoms with Crippen molar-refractivity contribution in [3.8, 4) is 45.0 Å². The average Bonchev–Trinajstić information content (AvgIpc) is 3.44. The molecule has 8 rings (SSSR count). The summed E-state index contributed by atoms with van der Waals surface area (Å²) in [6.07, 6.45) is 0. The number of hydrogen-bond donors (Lipinski definition) is 0. The SMILES string of the molecule is Clc1nc(-c2ccc3c(-c4ccccc4)cccc3c2)nc(-c2cccc3c2oc2cccc(-c4ccccc4)c23)n1. The molecule has 42 heavy (non-hydrogen) atoms. The summed E-state index contributed by atoms with van der Waals surface area (Å²) in [7, 11) is 0. The Morgan fingerprint density at radius 3 is 1.95 bits per heavy atom. The van der Waals surface area contributed by atoms with Gasteiger partial charge < -0.3 is 4.42 Å². The molecule has 5 heteroatoms. The minimum Gasteiger partial charge on any atom is -0.455 e. The molecule has 6 aromatic carbocycles. The fraction of sp³-hybridized carbons (Fsp3) is 0. The van der Waals surface area contributed by atoms with Crippen molar-refractivity contribution in [2.45, 2.75) is 0 Å². The highest BCUT2D eigenvalue weighted by molar-refractivity contribution is 6.28. The highest BCUT2D eigenvalue weighted by atomic mass is 35.5. The van der Waals surface area contributed by atoms with E-state index in [0.29, 0.717) is 11.6 Å². The van der Waals surface area contributed by atoms with Gasteiger partial charge in [-0.3, -0.25) is 0 Å². The molecular formula is C37H22ClN3O. The molecule has 198 valence electrons. The van der Waals surface area contributed by atoms with E-state index in [-0.39, 0.29) is 5.28 Å². The predicted octanol–water partition coefficient (Wildman–Crippen LogP) is 10.2. The second-order valence-corrected chi connectivity index (χ2v) is 10.5. The lowest BCUT2D eigenvalue weighted by atomic mass is 9.97. The zero-order valence-corrected chi connectivity index (χ0v) is 23.1. The van der Waals surface area contributed by atoms with Gasteiger partial charge in [-0.05, 0) is 62.8 Å². The molecule has 0 aliphatic carbocycles. The van der Waals surface area contributed by atoms with Crippen LogP contribution in [0.2, 0.25) is 5.28 Å². The molecule has 0 amide bonds. The predicted molar refractivity (Wildman–Crippen MR) is 171 cm³/mol. The second kappa shape index (κ2) is 9.95. The van der Waals surface area contributed by atoms with Crippen LogP contribution in [0, 0.1) is 0 Å². The summed E-state index contributed by atoms with van der Waals surface area (Å²) in [4.78, 5) is 13.9. The summed E-state index contributed by atoms with van der Waals surface area (Å²) in [6.45, 7) is 0. The van der Waals surface area contributed by atoms with E-state index in [9.17, 15) is 0 Å². The number of nitrogens with zero attached hydrogens (tertiary/aromatic N) is 3. The number of hydrogen-bond acceptors (Lipinski definition) is 4. The monoisotopic (exact) mass is 559 g/mol. The van der Waals surface area contributed by atoms with Crippen LogP contribution >= 0.6 is 11.6 Å². The Morgan fingerprint density at radius 2 is 1.14 bits per heavy atom. The van der Waals surface area contributed by atoms with Gasteiger partial charge in [-0.2, -0.15) is 9.97 Å². The Bertz CT molecular complexity index is 2260. The van der Waals surface area contributed by atoms with Gasteiger partial charge in [-0.25, -0.2) is 4.98 Å². The van der Waals surface area contributed by atoms with Gasteiger partial charge in [-0.1, -0.05) is 115 Å². The van der Waals surface area contributed by atoms with Crippen molar-refractivity contribution in [2.24, 2.45) is 0 Å². The van der Waals surface area contributed by atoms with Crippen molar-refractivity contribution >= 4 is 44.3 Å². The first kappa shape index (κ1) is 24.5. The average molecular weight is 560 g/mol. The van der Waals surface area contributed by atoms with Crippen LogP contribution in [-0.4, -0.2) is 15.0 Å². The standard InChI is InChI=1S/C37H22ClN3O/c38-37-40-35(26-20-21-28-25(22-26)14-7-15-27(28)23-10-3-1-4-11-23)39-36(41-37)31-18-8-17-30-33-29(24-12-5-2-6-13-24)16-9-19-32(33)42-34(30)31/h1-22H. The molecule has 0 aliphatic heterocycles. The minimum atomic E-state index is 0.131. The van der Waals surface area contributed by atoms with Crippen molar-refractivity contribution in [1.82, 2.24) is 15.0 Å². The molecule has 0 saturated heterocycles. The zero-order valence-electron chi connectivity index (χ0n) is 22.3. The quantitative estimate of drug-likeness (QED) is 0.215. The summed E-state index contributed by atoms with van der Waals surface area (Å²) in [6, 6.07) is 45.5. The topological polar surface area (TPSA) is 51.8 Å². The van der Waals surface area contributed by atoms with Crippen LogP contribution in [0.3, 0.4) is 0 Å². The van der Waals surface area contributed by atoms with E-state index in [4.69, 9.17) is 21.0 Å². The van der Waals surface area contributed by atoms with Crippen LogP contribution in [-0.2, 0) is 0 Å². The van der Waals surface area contributed by atoms with Crippen molar-refractivity contribution < 1.29 is 4.42 Å². The first-order chi connectivity index (χ1) is 20.7. The fourth-order valence-corrected chi connectivity index (χ4v) is 5.93. The Balaban J connectivity index is 1.27. The second-order valence-electron chi connectivity index (χ2n) is 10.2. The molecule has 2 aromatic heterocycles. The summed E-state index contributed by atoms with van der Waals surface area (Å²) in [5.74, 6) is 0.976. The fourth-order valence-electron chi connectivity index (χ4n) is 5.77. The molecule has 2 heterocycles. The zero-order chi connectivity index (χ0) is 28.0. The molecule has 0 N–H and O–H groups in total. The van der Waals surface area contributed by atoms with Crippen LogP contribution in [0.15, 0.2) is 138 Å². The van der Waals surface area contributed by atoms with Crippen LogP contribution < -0.4 is 0 Å². The number of fused-ring (bicyclic) bond motifs is 4. The minimum absolute atomic E-state index is 0.131. The first-order valence-corrected chi connectivity index (χ1v) is 14.1. The molecule has 0 aliphatic rings. The molecule has 0 saturated carbocycles. The van der Waals surface area contributed by atoms with Gasteiger partial charge >= 0.3 is 0 Å². The molecule has 0 atom stereocenters. The first-order valence-electron chi connectivity index (χ1n) is 13.7. The number of aromatic nitrogens is 3. The Labute approximate surface area is 246 Å². The van der Waals surface area contributed by atoms with Gasteiger partial charge in [-0.15, -0.1) is 0 Å². The molecule has 0 bridgehead atoms. The maximum atomic E-state index is 6.52. The number of halogens is 1. The van der Waals surface area contributed by atoms with E-state index in [2.05, 4.69) is 88.8 Å². The van der Waals surface area contributed by atoms with E-state index >= 15 is 0 Å². The summed E-state index contributed by atoms with van der Waals surface area (Å²) in [5, 5.41) is 4.45. The van der Waals surface area contributed by atoms with Gasteiger partial charge in [0.05, 0.1) is 5.56 Å². The lowest BCUT2D eigenvalue weighted by Crippen LogP contribution is -1.97. The summed E-state index contributed by atoms with van der Waals surface area (Å²) >= 11 is 6.52. The molecular weight excluding hydrogens is 538 g/mol. The molecule has 0 unspecified atom stereocenters. The van der Waals surface area contributed by atoms with Gasteiger partial charge in [0.2, 0.25) is 5.28 Å². The van der Waals surface area contributed by atoms with E-state index in [1.807, 2.05) is 54.6 Å². The van der Waals surface area contributed by atoms with Gasteiger partial charge in [0.15, 0.2) is 11.6 Å². The van der Waals surface area contributed by atoms with Crippen LogP contribution in [0.5, 0.6) is 0 Å². The number of furan rings is 1. The Kier molecular flexibility index (Phi) is 5.80. The Hall–Kier alpha value is -5.32. The van der Waals surface area contributed by atoms with Gasteiger partial charge in [0.25, 0.3) is 0 Å². The molecule has 8 aromatic rings. The maximum Gasteiger partial charge on any atom is 0.226 e. The molecule has 0 fully saturated rings. The van der Waals surface area contributed by atoms with Crippen molar-refractivity contribution in [2.75, 3.05) is 0 Å². The van der Waals surface area contributed by atoms with Crippen LogP contribution in [0.25, 0.3) is 77.7 Å². The van der Waals surface area contributed by atoms with E-state index in [0.717, 1.165) is 55.0 Å². The van der Waals surface area contributed by atoms with E-state index < -0.39 is 0 Å². The van der Waals surface area contributed by atoms with Crippen LogP contribution in [0.1, 0.15) is 0 Å². The smallest absolute Gasteiger partial charge is 0.226 e. The highest BCUT2D eigenvalue weighted by Gasteiger charge is 2.19. The van der Waals surface area contributed by atoms with Crippen molar-refractivity contribution in [3.63, 3.8) is 0 Å². The van der Waals surface area contributed by atoms with E-state index in [1.54, 1.807) is 0 Å². The normalized spacial score (nSPS) is 11.5. The maximum absolute atomic E-state index is 6.52. The lowest BCUT2D eigenvalue weighted by molar-refractivity contribution is 0.669. The summed E-state index contributed by atoms with van der Waals surface area (Å²) < 4.78 is 6.45. The number of rotatable bonds is 4. The molecule has 0 spiro atoms. The van der Waals surface area contributed by atoms with Crippen molar-refractivity contribution in [3.05, 3.63) is 139 Å². The summed E-state index contributed by atoms with van der Waals surface area (Å²) in [5.41, 5.74) is 7.76. The third kappa shape index (κ3) is 4.12. The molecule has 4 nitrogen and oxygen atoms in total. The molecule has 0 radical (unpaired) electrons. The van der Waals surface area contributed by atoms with Gasteiger partial charge in [0.1, 0.15) is 11.2 Å². The Morgan fingerprint density at radius 1 is 0.476 bits per heavy atom. The lowest BCUT2D eigenvalue weighted by Gasteiger charge is -2.09. The third-order valence-corrected chi connectivity index (χ3v) is 7.85. The van der Waals surface area contributed by atoms with Crippen LogP contribution in [0.4, 0.5) is 0 Å². The van der Waals surface area contributed by atoms with Crippen molar-refractivity contribution in [1.29, 1.82) is 0 Å². The van der Waals surface area contributed by atoms with Gasteiger partial charge in [0, 0.05) is 16.3 Å². The third-order valence-electron chi connectivity index (χ3n) is 7.68.